The summed E-state index contributed by atoms with van der Waals surface area (Å²) in [6.07, 6.45) is 1.70. The summed E-state index contributed by atoms with van der Waals surface area (Å²) in [6, 6.07) is 8.86. The molecule has 2 aromatic heterocycles. The number of carbonyl (C=O) groups excluding carboxylic acids is 1. The van der Waals surface area contributed by atoms with Crippen molar-refractivity contribution in [2.45, 2.75) is 13.2 Å². The SMILES string of the molecule is C=CCN(Cc1cccs1)C(=O)c1sc2cccc(F)c2c1COC. The van der Waals surface area contributed by atoms with Crippen LogP contribution >= 0.6 is 22.7 Å². The minimum Gasteiger partial charge on any atom is -0.380 e. The van der Waals surface area contributed by atoms with E-state index in [0.29, 0.717) is 28.9 Å². The first-order valence-electron chi connectivity index (χ1n) is 7.77. The van der Waals surface area contributed by atoms with E-state index in [1.54, 1.807) is 35.5 Å². The Bertz CT molecular complexity index is 886. The first-order chi connectivity index (χ1) is 12.2. The van der Waals surface area contributed by atoms with Gasteiger partial charge in [0.25, 0.3) is 5.91 Å². The Hall–Kier alpha value is -2.02. The van der Waals surface area contributed by atoms with Crippen LogP contribution in [-0.4, -0.2) is 24.5 Å². The zero-order valence-corrected chi connectivity index (χ0v) is 15.5. The third-order valence-electron chi connectivity index (χ3n) is 3.81. The van der Waals surface area contributed by atoms with Crippen LogP contribution in [0.2, 0.25) is 0 Å². The summed E-state index contributed by atoms with van der Waals surface area (Å²) < 4.78 is 20.3. The van der Waals surface area contributed by atoms with Gasteiger partial charge in [-0.05, 0) is 23.6 Å². The number of thiophene rings is 2. The van der Waals surface area contributed by atoms with Crippen LogP contribution in [0.4, 0.5) is 4.39 Å². The lowest BCUT2D eigenvalue weighted by molar-refractivity contribution is 0.0765. The van der Waals surface area contributed by atoms with Crippen LogP contribution in [0.3, 0.4) is 0 Å². The normalized spacial score (nSPS) is 11.0. The number of hydrogen-bond acceptors (Lipinski definition) is 4. The molecule has 2 heterocycles. The predicted octanol–water partition coefficient (Wildman–Crippen LogP) is 5.08. The number of rotatable bonds is 7. The fourth-order valence-corrected chi connectivity index (χ4v) is 4.64. The second kappa shape index (κ2) is 7.91. The van der Waals surface area contributed by atoms with E-state index in [-0.39, 0.29) is 18.3 Å². The molecule has 0 saturated heterocycles. The molecule has 0 atom stereocenters. The van der Waals surface area contributed by atoms with Gasteiger partial charge >= 0.3 is 0 Å². The highest BCUT2D eigenvalue weighted by Gasteiger charge is 2.24. The van der Waals surface area contributed by atoms with Crippen molar-refractivity contribution in [1.82, 2.24) is 4.90 Å². The van der Waals surface area contributed by atoms with Crippen LogP contribution in [0.15, 0.2) is 48.4 Å². The van der Waals surface area contributed by atoms with Crippen molar-refractivity contribution in [2.75, 3.05) is 13.7 Å². The lowest BCUT2D eigenvalue weighted by Gasteiger charge is -2.20. The molecule has 0 N–H and O–H groups in total. The van der Waals surface area contributed by atoms with Gasteiger partial charge in [0.1, 0.15) is 5.82 Å². The highest BCUT2D eigenvalue weighted by Crippen LogP contribution is 2.35. The second-order valence-electron chi connectivity index (χ2n) is 5.51. The van der Waals surface area contributed by atoms with Gasteiger partial charge in [-0.15, -0.1) is 29.3 Å². The van der Waals surface area contributed by atoms with Gasteiger partial charge in [-0.2, -0.15) is 0 Å². The maximum Gasteiger partial charge on any atom is 0.264 e. The van der Waals surface area contributed by atoms with Crippen LogP contribution < -0.4 is 0 Å². The van der Waals surface area contributed by atoms with E-state index in [1.165, 1.54) is 17.4 Å². The molecule has 0 aliphatic carbocycles. The lowest BCUT2D eigenvalue weighted by atomic mass is 10.1. The maximum absolute atomic E-state index is 14.3. The third-order valence-corrected chi connectivity index (χ3v) is 5.86. The molecule has 6 heteroatoms. The molecule has 3 rings (SSSR count). The van der Waals surface area contributed by atoms with Gasteiger partial charge in [-0.3, -0.25) is 4.79 Å². The van der Waals surface area contributed by atoms with Gasteiger partial charge in [-0.1, -0.05) is 18.2 Å². The number of benzene rings is 1. The number of amides is 1. The first-order valence-corrected chi connectivity index (χ1v) is 9.46. The van der Waals surface area contributed by atoms with E-state index in [2.05, 4.69) is 6.58 Å². The number of methoxy groups -OCH3 is 1. The Morgan fingerprint density at radius 2 is 2.20 bits per heavy atom. The van der Waals surface area contributed by atoms with Crippen molar-refractivity contribution in [3.63, 3.8) is 0 Å². The van der Waals surface area contributed by atoms with Gasteiger partial charge in [0.05, 0.1) is 18.0 Å². The van der Waals surface area contributed by atoms with Crippen molar-refractivity contribution < 1.29 is 13.9 Å². The molecule has 0 fully saturated rings. The average molecular weight is 375 g/mol. The summed E-state index contributed by atoms with van der Waals surface area (Å²) in [6.45, 7) is 4.88. The van der Waals surface area contributed by atoms with Gasteiger partial charge < -0.3 is 9.64 Å². The van der Waals surface area contributed by atoms with Crippen molar-refractivity contribution in [3.05, 3.63) is 69.5 Å². The Balaban J connectivity index is 2.03. The molecule has 0 spiro atoms. The van der Waals surface area contributed by atoms with Crippen molar-refractivity contribution >= 4 is 38.7 Å². The number of hydrogen-bond donors (Lipinski definition) is 0. The summed E-state index contributed by atoms with van der Waals surface area (Å²) in [5.74, 6) is -0.450. The molecule has 0 radical (unpaired) electrons. The zero-order chi connectivity index (χ0) is 17.8. The summed E-state index contributed by atoms with van der Waals surface area (Å²) in [4.78, 5) is 16.5. The number of carbonyl (C=O) groups is 1. The summed E-state index contributed by atoms with van der Waals surface area (Å²) >= 11 is 2.91. The molecule has 0 bridgehead atoms. The summed E-state index contributed by atoms with van der Waals surface area (Å²) in [5.41, 5.74) is 0.617. The minimum absolute atomic E-state index is 0.124. The fourth-order valence-electron chi connectivity index (χ4n) is 2.73. The third kappa shape index (κ3) is 3.66. The lowest BCUT2D eigenvalue weighted by Crippen LogP contribution is -2.30. The molecule has 0 saturated carbocycles. The van der Waals surface area contributed by atoms with Gasteiger partial charge in [-0.25, -0.2) is 4.39 Å². The monoisotopic (exact) mass is 375 g/mol. The van der Waals surface area contributed by atoms with E-state index in [0.717, 1.165) is 9.58 Å². The maximum atomic E-state index is 14.3. The quantitative estimate of drug-likeness (QED) is 0.539. The van der Waals surface area contributed by atoms with E-state index >= 15 is 0 Å². The topological polar surface area (TPSA) is 29.5 Å². The predicted molar refractivity (Wildman–Crippen MR) is 102 cm³/mol. The van der Waals surface area contributed by atoms with Crippen LogP contribution in [0, 0.1) is 5.82 Å². The molecule has 1 aromatic carbocycles. The van der Waals surface area contributed by atoms with Crippen LogP contribution in [0.5, 0.6) is 0 Å². The molecule has 0 unspecified atom stereocenters. The Morgan fingerprint density at radius 1 is 1.36 bits per heavy atom. The van der Waals surface area contributed by atoms with Crippen molar-refractivity contribution in [2.24, 2.45) is 0 Å². The molecule has 0 aliphatic rings. The Kier molecular flexibility index (Phi) is 5.63. The highest BCUT2D eigenvalue weighted by atomic mass is 32.1. The van der Waals surface area contributed by atoms with E-state index in [9.17, 15) is 9.18 Å². The Morgan fingerprint density at radius 3 is 2.88 bits per heavy atom. The first kappa shape index (κ1) is 17.8. The molecular formula is C19H18FNO2S2. The van der Waals surface area contributed by atoms with E-state index < -0.39 is 0 Å². The molecule has 130 valence electrons. The molecule has 3 nitrogen and oxygen atoms in total. The largest absolute Gasteiger partial charge is 0.380 e. The number of nitrogens with zero attached hydrogens (tertiary/aromatic N) is 1. The zero-order valence-electron chi connectivity index (χ0n) is 13.8. The molecule has 1 amide bonds. The van der Waals surface area contributed by atoms with Gasteiger partial charge in [0, 0.05) is 34.2 Å². The van der Waals surface area contributed by atoms with E-state index in [4.69, 9.17) is 4.74 Å². The molecule has 3 aromatic rings. The van der Waals surface area contributed by atoms with Crippen molar-refractivity contribution in [1.29, 1.82) is 0 Å². The van der Waals surface area contributed by atoms with Crippen LogP contribution in [0.1, 0.15) is 20.1 Å². The Labute approximate surface area is 154 Å². The fraction of sp³-hybridized carbons (Fsp3) is 0.211. The smallest absolute Gasteiger partial charge is 0.264 e. The van der Waals surface area contributed by atoms with Gasteiger partial charge in [0.2, 0.25) is 0 Å². The molecule has 25 heavy (non-hydrogen) atoms. The number of fused-ring (bicyclic) bond motifs is 1. The van der Waals surface area contributed by atoms with Crippen LogP contribution in [0.25, 0.3) is 10.1 Å². The number of ether oxygens (including phenoxy) is 1. The summed E-state index contributed by atoms with van der Waals surface area (Å²) in [7, 11) is 1.55. The highest BCUT2D eigenvalue weighted by molar-refractivity contribution is 7.21. The van der Waals surface area contributed by atoms with Crippen LogP contribution in [-0.2, 0) is 17.9 Å². The van der Waals surface area contributed by atoms with Gasteiger partial charge in [0.15, 0.2) is 0 Å². The number of halogens is 1. The molecular weight excluding hydrogens is 357 g/mol. The standard InChI is InChI=1S/C19H18FNO2S2/c1-3-9-21(11-13-6-5-10-24-13)19(22)18-14(12-23-2)17-15(20)7-4-8-16(17)25-18/h3-8,10H,1,9,11-12H2,2H3. The van der Waals surface area contributed by atoms with E-state index in [1.807, 2.05) is 23.6 Å². The average Bonchev–Trinajstić information content (AvgIpc) is 3.23. The second-order valence-corrected chi connectivity index (χ2v) is 7.59. The van der Waals surface area contributed by atoms with Crippen molar-refractivity contribution in [3.8, 4) is 0 Å². The minimum atomic E-state index is -0.326. The summed E-state index contributed by atoms with van der Waals surface area (Å²) in [5, 5.41) is 2.46. The molecule has 0 aliphatic heterocycles.